The minimum atomic E-state index is -0.738. The first kappa shape index (κ1) is 14.9. The minimum Gasteiger partial charge on any atom is -0.462 e. The van der Waals surface area contributed by atoms with E-state index < -0.39 is 12.0 Å². The van der Waals surface area contributed by atoms with Gasteiger partial charge in [-0.05, 0) is 6.42 Å². The van der Waals surface area contributed by atoms with E-state index in [1.54, 1.807) is 7.11 Å². The van der Waals surface area contributed by atoms with Gasteiger partial charge in [-0.15, -0.1) is 12.3 Å². The van der Waals surface area contributed by atoms with Crippen molar-refractivity contribution in [1.82, 2.24) is 0 Å². The Balaban J connectivity index is 3.31. The summed E-state index contributed by atoms with van der Waals surface area (Å²) in [6.45, 7) is 1.80. The van der Waals surface area contributed by atoms with Crippen LogP contribution in [0.25, 0.3) is 0 Å². The number of ether oxygens (including phenoxy) is 3. The third kappa shape index (κ3) is 8.24. The van der Waals surface area contributed by atoms with Crippen LogP contribution in [-0.2, 0) is 19.0 Å². The molecule has 0 bridgehead atoms. The van der Waals surface area contributed by atoms with Crippen LogP contribution in [0.2, 0.25) is 0 Å². The molecular formula is C11H19NO4. The van der Waals surface area contributed by atoms with Gasteiger partial charge in [0.2, 0.25) is 0 Å². The predicted molar refractivity (Wildman–Crippen MR) is 59.7 cm³/mol. The quantitative estimate of drug-likeness (QED) is 0.340. The fourth-order valence-electron chi connectivity index (χ4n) is 0.926. The Morgan fingerprint density at radius 2 is 2.12 bits per heavy atom. The first-order chi connectivity index (χ1) is 7.72. The standard InChI is InChI=1S/C11H19NO4/c1-3-5-10(12)11(13)16-9-8-15-7-4-6-14-2/h1,10H,4-9,12H2,2H3. The van der Waals surface area contributed by atoms with Crippen LogP contribution in [0.5, 0.6) is 0 Å². The number of rotatable bonds is 9. The molecule has 0 spiro atoms. The van der Waals surface area contributed by atoms with Crippen molar-refractivity contribution in [2.24, 2.45) is 5.73 Å². The van der Waals surface area contributed by atoms with E-state index in [4.69, 9.17) is 26.4 Å². The van der Waals surface area contributed by atoms with Crippen LogP contribution >= 0.6 is 0 Å². The summed E-state index contributed by atoms with van der Waals surface area (Å²) < 4.78 is 14.9. The highest BCUT2D eigenvalue weighted by Gasteiger charge is 2.12. The summed E-state index contributed by atoms with van der Waals surface area (Å²) in [4.78, 5) is 11.1. The van der Waals surface area contributed by atoms with Crippen molar-refractivity contribution in [3.8, 4) is 12.3 Å². The van der Waals surface area contributed by atoms with Crippen LogP contribution in [0.15, 0.2) is 0 Å². The highest BCUT2D eigenvalue weighted by Crippen LogP contribution is 1.91. The molecule has 0 aromatic heterocycles. The average Bonchev–Trinajstić information content (AvgIpc) is 2.28. The Hall–Kier alpha value is -1.09. The molecule has 0 amide bonds. The van der Waals surface area contributed by atoms with Crippen LogP contribution < -0.4 is 5.73 Å². The number of carbonyl (C=O) groups excluding carboxylic acids is 1. The molecule has 2 N–H and O–H groups in total. The molecule has 5 nitrogen and oxygen atoms in total. The van der Waals surface area contributed by atoms with E-state index in [0.29, 0.717) is 19.8 Å². The SMILES string of the molecule is C#CCC(N)C(=O)OCCOCCCOC. The van der Waals surface area contributed by atoms with Gasteiger partial charge in [-0.3, -0.25) is 4.79 Å². The van der Waals surface area contributed by atoms with E-state index in [-0.39, 0.29) is 13.0 Å². The highest BCUT2D eigenvalue weighted by atomic mass is 16.6. The third-order valence-electron chi connectivity index (χ3n) is 1.75. The van der Waals surface area contributed by atoms with Crippen molar-refractivity contribution in [1.29, 1.82) is 0 Å². The summed E-state index contributed by atoms with van der Waals surface area (Å²) in [5.74, 6) is 1.81. The van der Waals surface area contributed by atoms with E-state index >= 15 is 0 Å². The molecule has 0 saturated carbocycles. The molecule has 0 radical (unpaired) electrons. The Morgan fingerprint density at radius 1 is 1.38 bits per heavy atom. The normalized spacial score (nSPS) is 11.8. The van der Waals surface area contributed by atoms with Crippen molar-refractivity contribution < 1.29 is 19.0 Å². The Bertz CT molecular complexity index is 225. The largest absolute Gasteiger partial charge is 0.462 e. The zero-order valence-corrected chi connectivity index (χ0v) is 9.61. The van der Waals surface area contributed by atoms with Crippen LogP contribution in [-0.4, -0.2) is 45.5 Å². The first-order valence-electron chi connectivity index (χ1n) is 5.14. The molecule has 0 rings (SSSR count). The van der Waals surface area contributed by atoms with Crippen LogP contribution in [0.1, 0.15) is 12.8 Å². The van der Waals surface area contributed by atoms with Gasteiger partial charge < -0.3 is 19.9 Å². The Labute approximate surface area is 96.2 Å². The lowest BCUT2D eigenvalue weighted by atomic mass is 10.2. The van der Waals surface area contributed by atoms with Crippen LogP contribution in [0, 0.1) is 12.3 Å². The Morgan fingerprint density at radius 3 is 2.75 bits per heavy atom. The van der Waals surface area contributed by atoms with Crippen molar-refractivity contribution in [2.75, 3.05) is 33.5 Å². The van der Waals surface area contributed by atoms with Gasteiger partial charge in [-0.25, -0.2) is 0 Å². The Kier molecular flexibility index (Phi) is 9.72. The number of hydrogen-bond donors (Lipinski definition) is 1. The number of esters is 1. The van der Waals surface area contributed by atoms with Crippen molar-refractivity contribution in [2.45, 2.75) is 18.9 Å². The summed E-state index contributed by atoms with van der Waals surface area (Å²) in [5.41, 5.74) is 5.43. The molecule has 1 atom stereocenters. The van der Waals surface area contributed by atoms with Gasteiger partial charge in [0.05, 0.1) is 6.61 Å². The zero-order valence-electron chi connectivity index (χ0n) is 9.61. The number of nitrogens with two attached hydrogens (primary N) is 1. The number of methoxy groups -OCH3 is 1. The lowest BCUT2D eigenvalue weighted by Gasteiger charge is -2.09. The highest BCUT2D eigenvalue weighted by molar-refractivity contribution is 5.75. The zero-order chi connectivity index (χ0) is 12.2. The monoisotopic (exact) mass is 229 g/mol. The summed E-state index contributed by atoms with van der Waals surface area (Å²) >= 11 is 0. The van der Waals surface area contributed by atoms with E-state index in [1.807, 2.05) is 0 Å². The van der Waals surface area contributed by atoms with Gasteiger partial charge in [0.15, 0.2) is 0 Å². The van der Waals surface area contributed by atoms with Gasteiger partial charge in [-0.1, -0.05) is 0 Å². The predicted octanol–water partition coefficient (Wildman–Crippen LogP) is -0.0667. The van der Waals surface area contributed by atoms with E-state index in [2.05, 4.69) is 5.92 Å². The van der Waals surface area contributed by atoms with Gasteiger partial charge in [0.25, 0.3) is 0 Å². The van der Waals surface area contributed by atoms with Gasteiger partial charge in [0, 0.05) is 26.7 Å². The molecule has 0 aliphatic rings. The molecule has 0 aromatic rings. The van der Waals surface area contributed by atoms with Gasteiger partial charge in [0.1, 0.15) is 12.6 Å². The van der Waals surface area contributed by atoms with E-state index in [1.165, 1.54) is 0 Å². The number of terminal acetylenes is 1. The molecule has 1 unspecified atom stereocenters. The lowest BCUT2D eigenvalue weighted by Crippen LogP contribution is -2.32. The molecule has 92 valence electrons. The van der Waals surface area contributed by atoms with Crippen molar-refractivity contribution in [3.05, 3.63) is 0 Å². The van der Waals surface area contributed by atoms with E-state index in [9.17, 15) is 4.79 Å². The smallest absolute Gasteiger partial charge is 0.323 e. The second-order valence-electron chi connectivity index (χ2n) is 3.14. The summed E-state index contributed by atoms with van der Waals surface area (Å²) in [6.07, 6.45) is 6.02. The van der Waals surface area contributed by atoms with Crippen molar-refractivity contribution in [3.63, 3.8) is 0 Å². The molecule has 0 aromatic carbocycles. The maximum atomic E-state index is 11.1. The molecule has 5 heteroatoms. The number of carbonyl (C=O) groups is 1. The maximum Gasteiger partial charge on any atom is 0.323 e. The molecule has 16 heavy (non-hydrogen) atoms. The average molecular weight is 229 g/mol. The molecule has 0 aliphatic carbocycles. The second kappa shape index (κ2) is 10.4. The summed E-state index contributed by atoms with van der Waals surface area (Å²) in [7, 11) is 1.63. The van der Waals surface area contributed by atoms with Gasteiger partial charge >= 0.3 is 5.97 Å². The lowest BCUT2D eigenvalue weighted by molar-refractivity contribution is -0.146. The van der Waals surface area contributed by atoms with E-state index in [0.717, 1.165) is 6.42 Å². The fourth-order valence-corrected chi connectivity index (χ4v) is 0.926. The molecule has 0 heterocycles. The molecule has 0 fully saturated rings. The van der Waals surface area contributed by atoms with Crippen molar-refractivity contribution >= 4 is 5.97 Å². The molecule has 0 aliphatic heterocycles. The third-order valence-corrected chi connectivity index (χ3v) is 1.75. The summed E-state index contributed by atoms with van der Waals surface area (Å²) in [5, 5.41) is 0. The molecule has 0 saturated heterocycles. The topological polar surface area (TPSA) is 70.8 Å². The van der Waals surface area contributed by atoms with Crippen LogP contribution in [0.4, 0.5) is 0 Å². The van der Waals surface area contributed by atoms with Crippen LogP contribution in [0.3, 0.4) is 0 Å². The second-order valence-corrected chi connectivity index (χ2v) is 3.14. The van der Waals surface area contributed by atoms with Gasteiger partial charge in [-0.2, -0.15) is 0 Å². The maximum absolute atomic E-state index is 11.1. The molecular weight excluding hydrogens is 210 g/mol. The first-order valence-corrected chi connectivity index (χ1v) is 5.14. The minimum absolute atomic E-state index is 0.188. The number of hydrogen-bond acceptors (Lipinski definition) is 5. The fraction of sp³-hybridized carbons (Fsp3) is 0.727. The summed E-state index contributed by atoms with van der Waals surface area (Å²) in [6, 6.07) is -0.738.